The predicted molar refractivity (Wildman–Crippen MR) is 267 cm³/mol. The molecule has 0 saturated heterocycles. The second-order valence-corrected chi connectivity index (χ2v) is 17.6. The van der Waals surface area contributed by atoms with Crippen LogP contribution in [0, 0.1) is 0 Å². The number of para-hydroxylation sites is 4. The van der Waals surface area contributed by atoms with Crippen LogP contribution in [0.15, 0.2) is 206 Å². The Balaban J connectivity index is 0.974. The molecule has 0 N–H and O–H groups in total. The third-order valence-electron chi connectivity index (χ3n) is 13.1. The van der Waals surface area contributed by atoms with Crippen molar-refractivity contribution >= 4 is 108 Å². The van der Waals surface area contributed by atoms with Crippen molar-refractivity contribution in [2.24, 2.45) is 0 Å². The maximum absolute atomic E-state index is 5.46. The lowest BCUT2D eigenvalue weighted by molar-refractivity contribution is 1.18. The maximum Gasteiger partial charge on any atom is 0.161 e. The Hall–Kier alpha value is -8.12. The van der Waals surface area contributed by atoms with E-state index >= 15 is 0 Å². The molecule has 4 nitrogen and oxygen atoms in total. The number of thiophene rings is 1. The van der Waals surface area contributed by atoms with Crippen LogP contribution in [0.3, 0.4) is 0 Å². The minimum atomic E-state index is 0.722. The molecule has 292 valence electrons. The fraction of sp³-hybridized carbons (Fsp3) is 0. The lowest BCUT2D eigenvalue weighted by Crippen LogP contribution is -1.98. The Kier molecular flexibility index (Phi) is 7.24. The average molecular weight is 819 g/mol. The normalized spacial score (nSPS) is 12.1. The largest absolute Gasteiger partial charge is 0.309 e. The van der Waals surface area contributed by atoms with Gasteiger partial charge in [-0.05, 0) is 82.9 Å². The molecule has 5 heteroatoms. The van der Waals surface area contributed by atoms with Crippen molar-refractivity contribution in [2.45, 2.75) is 0 Å². The molecule has 0 amide bonds. The molecule has 4 aromatic heterocycles. The van der Waals surface area contributed by atoms with Gasteiger partial charge in [-0.3, -0.25) is 0 Å². The second kappa shape index (κ2) is 13.2. The van der Waals surface area contributed by atoms with Gasteiger partial charge in [0.05, 0.1) is 39.0 Å². The zero-order valence-corrected chi connectivity index (χ0v) is 34.6. The predicted octanol–water partition coefficient (Wildman–Crippen LogP) is 15.8. The average Bonchev–Trinajstić information content (AvgIpc) is 4.00. The van der Waals surface area contributed by atoms with Gasteiger partial charge in [-0.15, -0.1) is 11.3 Å². The highest BCUT2D eigenvalue weighted by atomic mass is 32.1. The van der Waals surface area contributed by atoms with E-state index in [1.54, 1.807) is 0 Å². The summed E-state index contributed by atoms with van der Waals surface area (Å²) < 4.78 is 7.42. The molecule has 0 radical (unpaired) electrons. The maximum atomic E-state index is 5.46. The van der Waals surface area contributed by atoms with Gasteiger partial charge in [0.15, 0.2) is 5.82 Å². The van der Waals surface area contributed by atoms with Gasteiger partial charge in [0.25, 0.3) is 0 Å². The molecule has 14 rings (SSSR count). The Labute approximate surface area is 365 Å². The van der Waals surface area contributed by atoms with Crippen molar-refractivity contribution in [3.05, 3.63) is 206 Å². The van der Waals surface area contributed by atoms with E-state index < -0.39 is 0 Å². The summed E-state index contributed by atoms with van der Waals surface area (Å²) in [4.78, 5) is 10.7. The lowest BCUT2D eigenvalue weighted by atomic mass is 9.99. The van der Waals surface area contributed by atoms with E-state index in [2.05, 4.69) is 215 Å². The third kappa shape index (κ3) is 5.03. The van der Waals surface area contributed by atoms with E-state index in [-0.39, 0.29) is 0 Å². The highest BCUT2D eigenvalue weighted by Crippen LogP contribution is 2.43. The van der Waals surface area contributed by atoms with E-state index in [1.165, 1.54) is 80.2 Å². The van der Waals surface area contributed by atoms with Crippen molar-refractivity contribution in [1.82, 2.24) is 19.1 Å². The van der Waals surface area contributed by atoms with Crippen molar-refractivity contribution in [1.29, 1.82) is 0 Å². The van der Waals surface area contributed by atoms with Crippen LogP contribution in [0.1, 0.15) is 0 Å². The van der Waals surface area contributed by atoms with Crippen LogP contribution in [-0.2, 0) is 0 Å². The van der Waals surface area contributed by atoms with Gasteiger partial charge in [0.1, 0.15) is 0 Å². The third-order valence-corrected chi connectivity index (χ3v) is 14.2. The first-order valence-corrected chi connectivity index (χ1v) is 22.2. The van der Waals surface area contributed by atoms with Crippen LogP contribution in [0.4, 0.5) is 0 Å². The van der Waals surface area contributed by atoms with E-state index in [0.717, 1.165) is 50.0 Å². The first-order valence-electron chi connectivity index (χ1n) is 21.4. The molecule has 0 atom stereocenters. The van der Waals surface area contributed by atoms with Crippen LogP contribution in [0.25, 0.3) is 130 Å². The Morgan fingerprint density at radius 3 is 1.75 bits per heavy atom. The zero-order valence-electron chi connectivity index (χ0n) is 33.8. The quantitative estimate of drug-likeness (QED) is 0.177. The molecule has 0 fully saturated rings. The van der Waals surface area contributed by atoms with Gasteiger partial charge in [-0.25, -0.2) is 9.97 Å². The number of nitrogens with zero attached hydrogens (tertiary/aromatic N) is 4. The molecule has 14 aromatic rings. The minimum Gasteiger partial charge on any atom is -0.309 e. The van der Waals surface area contributed by atoms with Crippen LogP contribution < -0.4 is 0 Å². The van der Waals surface area contributed by atoms with Crippen LogP contribution in [0.2, 0.25) is 0 Å². The van der Waals surface area contributed by atoms with E-state index in [4.69, 9.17) is 9.97 Å². The number of benzene rings is 10. The van der Waals surface area contributed by atoms with Gasteiger partial charge >= 0.3 is 0 Å². The topological polar surface area (TPSA) is 35.6 Å². The highest BCUT2D eigenvalue weighted by Gasteiger charge is 2.20. The lowest BCUT2D eigenvalue weighted by Gasteiger charge is -2.14. The SMILES string of the molecule is c1cc(-c2nc(-c3cccc4sc5ccccc5c34)c3ccccc3n2)c2ccc(-n3c4ccccc4c4cc5cccc(-n6c7ccccc7c7ccccc76)c5cc43)cc2c1. The molecule has 4 heterocycles. The number of rotatable bonds is 4. The molecule has 0 aliphatic heterocycles. The number of aromatic nitrogens is 4. The number of hydrogen-bond donors (Lipinski definition) is 0. The van der Waals surface area contributed by atoms with E-state index in [9.17, 15) is 0 Å². The van der Waals surface area contributed by atoms with Crippen LogP contribution >= 0.6 is 11.3 Å². The van der Waals surface area contributed by atoms with Crippen molar-refractivity contribution in [2.75, 3.05) is 0 Å². The van der Waals surface area contributed by atoms with Crippen molar-refractivity contribution in [3.63, 3.8) is 0 Å². The standard InChI is InChI=1S/C58H34N4S/c1-6-23-48-43(19-1)57(45-22-13-29-55-56(45)44-20-5-10-28-54(44)63-55)60-58(59-48)42-21-11-14-35-32-37(30-31-38(35)42)61-49-24-7-4-18-41(49)47-33-36-15-12-27-52(46(36)34-53(47)61)62-50-25-8-2-16-39(50)40-17-3-9-26-51(40)62/h1-34H. The summed E-state index contributed by atoms with van der Waals surface area (Å²) in [5.74, 6) is 0.722. The smallest absolute Gasteiger partial charge is 0.161 e. The Morgan fingerprint density at radius 1 is 0.349 bits per heavy atom. The van der Waals surface area contributed by atoms with Gasteiger partial charge < -0.3 is 9.13 Å². The van der Waals surface area contributed by atoms with Gasteiger partial charge in [-0.2, -0.15) is 0 Å². The Bertz CT molecular complexity index is 4170. The second-order valence-electron chi connectivity index (χ2n) is 16.5. The van der Waals surface area contributed by atoms with Gasteiger partial charge in [0, 0.05) is 69.3 Å². The summed E-state index contributed by atoms with van der Waals surface area (Å²) in [5, 5.41) is 13.2. The molecule has 0 aliphatic rings. The van der Waals surface area contributed by atoms with E-state index in [0.29, 0.717) is 0 Å². The highest BCUT2D eigenvalue weighted by molar-refractivity contribution is 7.25. The summed E-state index contributed by atoms with van der Waals surface area (Å²) in [6.45, 7) is 0. The zero-order chi connectivity index (χ0) is 41.2. The molecular formula is C58H34N4S. The molecule has 0 unspecified atom stereocenters. The molecule has 0 saturated carbocycles. The molecule has 0 spiro atoms. The Morgan fingerprint density at radius 2 is 0.952 bits per heavy atom. The summed E-state index contributed by atoms with van der Waals surface area (Å²) in [6.07, 6.45) is 0. The summed E-state index contributed by atoms with van der Waals surface area (Å²) in [6, 6.07) is 74.9. The molecule has 63 heavy (non-hydrogen) atoms. The van der Waals surface area contributed by atoms with Crippen molar-refractivity contribution in [3.8, 4) is 34.0 Å². The molecule has 0 bridgehead atoms. The monoisotopic (exact) mass is 818 g/mol. The first kappa shape index (κ1) is 34.6. The van der Waals surface area contributed by atoms with E-state index in [1.807, 2.05) is 11.3 Å². The fourth-order valence-electron chi connectivity index (χ4n) is 10.4. The number of fused-ring (bicyclic) bond motifs is 12. The molecular weight excluding hydrogens is 785 g/mol. The number of hydrogen-bond acceptors (Lipinski definition) is 3. The minimum absolute atomic E-state index is 0.722. The van der Waals surface area contributed by atoms with Crippen molar-refractivity contribution < 1.29 is 0 Å². The van der Waals surface area contributed by atoms with Gasteiger partial charge in [0.2, 0.25) is 0 Å². The first-order chi connectivity index (χ1) is 31.2. The molecule has 10 aromatic carbocycles. The van der Waals surface area contributed by atoms with Crippen LogP contribution in [0.5, 0.6) is 0 Å². The summed E-state index contributed by atoms with van der Waals surface area (Å²) in [7, 11) is 0. The summed E-state index contributed by atoms with van der Waals surface area (Å²) >= 11 is 1.83. The van der Waals surface area contributed by atoms with Gasteiger partial charge in [-0.1, -0.05) is 140 Å². The van der Waals surface area contributed by atoms with Crippen LogP contribution in [-0.4, -0.2) is 19.1 Å². The summed E-state index contributed by atoms with van der Waals surface area (Å²) in [5.41, 5.74) is 11.1. The molecule has 0 aliphatic carbocycles. The fourth-order valence-corrected chi connectivity index (χ4v) is 11.5.